The largest absolute Gasteiger partial charge is 0.497 e. The van der Waals surface area contributed by atoms with Gasteiger partial charge in [-0.05, 0) is 31.0 Å². The molecule has 5 nitrogen and oxygen atoms in total. The summed E-state index contributed by atoms with van der Waals surface area (Å²) in [6.07, 6.45) is 0.832. The number of guanidine groups is 1. The van der Waals surface area contributed by atoms with Crippen LogP contribution in [0.3, 0.4) is 0 Å². The molecule has 0 saturated carbocycles. The predicted molar refractivity (Wildman–Crippen MR) is 77.7 cm³/mol. The van der Waals surface area contributed by atoms with Crippen molar-refractivity contribution in [3.63, 3.8) is 0 Å². The van der Waals surface area contributed by atoms with Gasteiger partial charge in [-0.25, -0.2) is 0 Å². The molecule has 3 N–H and O–H groups in total. The second-order valence-electron chi connectivity index (χ2n) is 4.37. The number of ether oxygens (including phenoxy) is 2. The molecule has 1 unspecified atom stereocenters. The molecule has 1 aromatic rings. The third-order valence-electron chi connectivity index (χ3n) is 2.63. The standard InChI is InChI=1S/C14H23N3O2/c1-11(10-18-2)17-14(15)16-8-7-12-5-4-6-13(9-12)19-3/h4-6,9,11H,7-8,10H2,1-3H3,(H3,15,16,17). The SMILES string of the molecule is COCC(C)NC(N)=NCCc1cccc(OC)c1. The number of aliphatic imine (C=N–C) groups is 1. The van der Waals surface area contributed by atoms with Crippen LogP contribution in [-0.4, -0.2) is 39.4 Å². The van der Waals surface area contributed by atoms with E-state index in [1.807, 2.05) is 25.1 Å². The van der Waals surface area contributed by atoms with Crippen LogP contribution in [0.15, 0.2) is 29.3 Å². The summed E-state index contributed by atoms with van der Waals surface area (Å²) in [5, 5.41) is 3.07. The van der Waals surface area contributed by atoms with E-state index < -0.39 is 0 Å². The maximum absolute atomic E-state index is 5.78. The Labute approximate surface area is 114 Å². The third-order valence-corrected chi connectivity index (χ3v) is 2.63. The van der Waals surface area contributed by atoms with E-state index in [0.29, 0.717) is 19.1 Å². The first kappa shape index (κ1) is 15.3. The molecule has 0 aliphatic rings. The highest BCUT2D eigenvalue weighted by atomic mass is 16.5. The molecular formula is C14H23N3O2. The monoisotopic (exact) mass is 265 g/mol. The van der Waals surface area contributed by atoms with Crippen LogP contribution in [0.5, 0.6) is 5.75 Å². The zero-order valence-electron chi connectivity index (χ0n) is 11.8. The number of nitrogens with one attached hydrogen (secondary N) is 1. The third kappa shape index (κ3) is 6.10. The summed E-state index contributed by atoms with van der Waals surface area (Å²) in [5.74, 6) is 1.31. The Balaban J connectivity index is 2.39. The van der Waals surface area contributed by atoms with E-state index in [4.69, 9.17) is 15.2 Å². The Kier molecular flexibility index (Phi) is 6.74. The predicted octanol–water partition coefficient (Wildman–Crippen LogP) is 1.18. The maximum atomic E-state index is 5.78. The normalized spacial score (nSPS) is 13.1. The quantitative estimate of drug-likeness (QED) is 0.574. The van der Waals surface area contributed by atoms with Crippen LogP contribution >= 0.6 is 0 Å². The van der Waals surface area contributed by atoms with Crippen LogP contribution in [0.1, 0.15) is 12.5 Å². The van der Waals surface area contributed by atoms with Crippen LogP contribution in [-0.2, 0) is 11.2 Å². The Hall–Kier alpha value is -1.75. The number of hydrogen-bond acceptors (Lipinski definition) is 3. The van der Waals surface area contributed by atoms with Crippen molar-refractivity contribution in [2.75, 3.05) is 27.4 Å². The van der Waals surface area contributed by atoms with Crippen LogP contribution in [0.4, 0.5) is 0 Å². The highest BCUT2D eigenvalue weighted by Gasteiger charge is 2.01. The van der Waals surface area contributed by atoms with E-state index in [1.54, 1.807) is 14.2 Å². The van der Waals surface area contributed by atoms with E-state index in [0.717, 1.165) is 12.2 Å². The summed E-state index contributed by atoms with van der Waals surface area (Å²) >= 11 is 0. The molecule has 0 spiro atoms. The Morgan fingerprint density at radius 2 is 2.21 bits per heavy atom. The average Bonchev–Trinajstić information content (AvgIpc) is 2.39. The molecule has 0 radical (unpaired) electrons. The second-order valence-corrected chi connectivity index (χ2v) is 4.37. The summed E-state index contributed by atoms with van der Waals surface area (Å²) in [6, 6.07) is 8.11. The summed E-state index contributed by atoms with van der Waals surface area (Å²) in [7, 11) is 3.32. The summed E-state index contributed by atoms with van der Waals surface area (Å²) < 4.78 is 10.2. The van der Waals surface area contributed by atoms with Crippen molar-refractivity contribution >= 4 is 5.96 Å². The van der Waals surface area contributed by atoms with Crippen molar-refractivity contribution in [1.29, 1.82) is 0 Å². The van der Waals surface area contributed by atoms with Crippen molar-refractivity contribution in [2.24, 2.45) is 10.7 Å². The minimum atomic E-state index is 0.158. The lowest BCUT2D eigenvalue weighted by Gasteiger charge is -2.13. The van der Waals surface area contributed by atoms with Gasteiger partial charge in [0, 0.05) is 19.7 Å². The number of rotatable bonds is 7. The van der Waals surface area contributed by atoms with Gasteiger partial charge in [0.1, 0.15) is 5.75 Å². The average molecular weight is 265 g/mol. The molecule has 1 aromatic carbocycles. The van der Waals surface area contributed by atoms with Gasteiger partial charge in [-0.3, -0.25) is 4.99 Å². The molecule has 0 aliphatic carbocycles. The molecule has 1 rings (SSSR count). The molecule has 0 heterocycles. The molecule has 106 valence electrons. The van der Waals surface area contributed by atoms with Gasteiger partial charge in [0.25, 0.3) is 0 Å². The van der Waals surface area contributed by atoms with Crippen molar-refractivity contribution in [3.05, 3.63) is 29.8 Å². The second kappa shape index (κ2) is 8.37. The molecule has 1 atom stereocenters. The van der Waals surface area contributed by atoms with Gasteiger partial charge in [0.15, 0.2) is 5.96 Å². The summed E-state index contributed by atoms with van der Waals surface area (Å²) in [6.45, 7) is 3.24. The molecule has 0 bridgehead atoms. The van der Waals surface area contributed by atoms with Crippen molar-refractivity contribution in [2.45, 2.75) is 19.4 Å². The number of hydrogen-bond donors (Lipinski definition) is 2. The highest BCUT2D eigenvalue weighted by molar-refractivity contribution is 5.78. The topological polar surface area (TPSA) is 68.9 Å². The van der Waals surface area contributed by atoms with E-state index in [1.165, 1.54) is 5.56 Å². The Bertz CT molecular complexity index is 407. The Morgan fingerprint density at radius 3 is 2.89 bits per heavy atom. The minimum absolute atomic E-state index is 0.158. The lowest BCUT2D eigenvalue weighted by Crippen LogP contribution is -2.40. The zero-order valence-corrected chi connectivity index (χ0v) is 11.8. The van der Waals surface area contributed by atoms with Crippen LogP contribution < -0.4 is 15.8 Å². The van der Waals surface area contributed by atoms with Gasteiger partial charge in [-0.2, -0.15) is 0 Å². The molecule has 0 aromatic heterocycles. The number of nitrogens with two attached hydrogens (primary N) is 1. The van der Waals surface area contributed by atoms with Crippen molar-refractivity contribution < 1.29 is 9.47 Å². The lowest BCUT2D eigenvalue weighted by atomic mass is 10.1. The molecular weight excluding hydrogens is 242 g/mol. The van der Waals surface area contributed by atoms with E-state index in [2.05, 4.69) is 16.4 Å². The molecule has 0 aliphatic heterocycles. The van der Waals surface area contributed by atoms with Crippen LogP contribution in [0, 0.1) is 0 Å². The van der Waals surface area contributed by atoms with Crippen LogP contribution in [0.2, 0.25) is 0 Å². The minimum Gasteiger partial charge on any atom is -0.497 e. The van der Waals surface area contributed by atoms with Crippen molar-refractivity contribution in [1.82, 2.24) is 5.32 Å². The van der Waals surface area contributed by atoms with Gasteiger partial charge >= 0.3 is 0 Å². The Morgan fingerprint density at radius 1 is 1.42 bits per heavy atom. The van der Waals surface area contributed by atoms with E-state index in [9.17, 15) is 0 Å². The first-order valence-electron chi connectivity index (χ1n) is 6.34. The fraction of sp³-hybridized carbons (Fsp3) is 0.500. The number of benzene rings is 1. The lowest BCUT2D eigenvalue weighted by molar-refractivity contribution is 0.179. The van der Waals surface area contributed by atoms with Crippen molar-refractivity contribution in [3.8, 4) is 5.75 Å². The van der Waals surface area contributed by atoms with Gasteiger partial charge in [0.05, 0.1) is 13.7 Å². The molecule has 19 heavy (non-hydrogen) atoms. The molecule has 0 amide bonds. The first-order chi connectivity index (χ1) is 9.15. The van der Waals surface area contributed by atoms with E-state index >= 15 is 0 Å². The summed E-state index contributed by atoms with van der Waals surface area (Å²) in [5.41, 5.74) is 6.97. The molecule has 0 fully saturated rings. The highest BCUT2D eigenvalue weighted by Crippen LogP contribution is 2.12. The maximum Gasteiger partial charge on any atom is 0.188 e. The van der Waals surface area contributed by atoms with Gasteiger partial charge in [-0.15, -0.1) is 0 Å². The first-order valence-corrected chi connectivity index (χ1v) is 6.34. The molecule has 0 saturated heterocycles. The van der Waals surface area contributed by atoms with E-state index in [-0.39, 0.29) is 6.04 Å². The van der Waals surface area contributed by atoms with Gasteiger partial charge in [-0.1, -0.05) is 12.1 Å². The van der Waals surface area contributed by atoms with Crippen LogP contribution in [0.25, 0.3) is 0 Å². The zero-order chi connectivity index (χ0) is 14.1. The molecule has 5 heteroatoms. The fourth-order valence-corrected chi connectivity index (χ4v) is 1.72. The number of methoxy groups -OCH3 is 2. The summed E-state index contributed by atoms with van der Waals surface area (Å²) in [4.78, 5) is 4.28. The smallest absolute Gasteiger partial charge is 0.188 e. The number of nitrogens with zero attached hydrogens (tertiary/aromatic N) is 1. The fourth-order valence-electron chi connectivity index (χ4n) is 1.72. The van der Waals surface area contributed by atoms with Gasteiger partial charge < -0.3 is 20.5 Å². The van der Waals surface area contributed by atoms with Gasteiger partial charge in [0.2, 0.25) is 0 Å².